The van der Waals surface area contributed by atoms with E-state index in [1.54, 1.807) is 18.2 Å². The van der Waals surface area contributed by atoms with Crippen molar-refractivity contribution in [1.29, 1.82) is 0 Å². The molecule has 0 saturated heterocycles. The number of ether oxygens (including phenoxy) is 2. The Morgan fingerprint density at radius 2 is 1.65 bits per heavy atom. The molecule has 0 unspecified atom stereocenters. The molecular formula is C26H22N4O6S. The molecular weight excluding hydrogens is 496 g/mol. The molecule has 11 heteroatoms. The van der Waals surface area contributed by atoms with Gasteiger partial charge in [-0.05, 0) is 60.0 Å². The van der Waals surface area contributed by atoms with Crippen LogP contribution in [0.5, 0.6) is 11.5 Å². The van der Waals surface area contributed by atoms with Crippen LogP contribution in [0.15, 0.2) is 76.0 Å². The highest BCUT2D eigenvalue weighted by molar-refractivity contribution is 7.89. The van der Waals surface area contributed by atoms with E-state index in [1.165, 1.54) is 34.1 Å². The Kier molecular flexibility index (Phi) is 5.85. The fourth-order valence-corrected chi connectivity index (χ4v) is 5.76. The Morgan fingerprint density at radius 3 is 2.46 bits per heavy atom. The summed E-state index contributed by atoms with van der Waals surface area (Å²) in [6.07, 6.45) is 0.661. The molecule has 0 atom stereocenters. The van der Waals surface area contributed by atoms with E-state index in [4.69, 9.17) is 13.9 Å². The molecule has 10 nitrogen and oxygen atoms in total. The van der Waals surface area contributed by atoms with Gasteiger partial charge in [0.25, 0.3) is 5.91 Å². The molecule has 3 aromatic carbocycles. The first-order valence-electron chi connectivity index (χ1n) is 11.7. The molecule has 3 heterocycles. The summed E-state index contributed by atoms with van der Waals surface area (Å²) >= 11 is 0. The monoisotopic (exact) mass is 518 g/mol. The second-order valence-electron chi connectivity index (χ2n) is 8.61. The van der Waals surface area contributed by atoms with Crippen LogP contribution in [-0.4, -0.2) is 48.6 Å². The standard InChI is InChI=1S/C26H22N4O6S/c31-24(27-26-29-28-25(36-26)19-7-10-22-23(15-19)35-14-13-34-22)18-5-8-21(9-6-18)37(32,33)30-12-11-17-3-1-2-4-20(17)16-30/h1-10,15H,11-14,16H2,(H,27,29,31). The first-order valence-corrected chi connectivity index (χ1v) is 13.1. The smallest absolute Gasteiger partial charge is 0.322 e. The number of rotatable bonds is 5. The highest BCUT2D eigenvalue weighted by atomic mass is 32.2. The molecule has 6 rings (SSSR count). The summed E-state index contributed by atoms with van der Waals surface area (Å²) in [5, 5.41) is 10.4. The van der Waals surface area contributed by atoms with E-state index in [9.17, 15) is 13.2 Å². The minimum absolute atomic E-state index is 0.0847. The summed E-state index contributed by atoms with van der Waals surface area (Å²) in [6.45, 7) is 1.67. The minimum atomic E-state index is -3.70. The van der Waals surface area contributed by atoms with Crippen LogP contribution in [0.4, 0.5) is 6.01 Å². The third-order valence-corrected chi connectivity index (χ3v) is 8.14. The lowest BCUT2D eigenvalue weighted by molar-refractivity contribution is 0.102. The van der Waals surface area contributed by atoms with E-state index in [0.29, 0.717) is 49.8 Å². The fraction of sp³-hybridized carbons (Fsp3) is 0.192. The van der Waals surface area contributed by atoms with Crippen LogP contribution < -0.4 is 14.8 Å². The number of nitrogens with one attached hydrogen (secondary N) is 1. The molecule has 1 N–H and O–H groups in total. The van der Waals surface area contributed by atoms with Crippen molar-refractivity contribution in [1.82, 2.24) is 14.5 Å². The molecule has 0 fully saturated rings. The summed E-state index contributed by atoms with van der Waals surface area (Å²) in [6, 6.07) is 18.8. The van der Waals surface area contributed by atoms with Gasteiger partial charge in [-0.1, -0.05) is 29.4 Å². The van der Waals surface area contributed by atoms with Crippen molar-refractivity contribution >= 4 is 21.9 Å². The van der Waals surface area contributed by atoms with Crippen LogP contribution in [0.25, 0.3) is 11.5 Å². The van der Waals surface area contributed by atoms with E-state index >= 15 is 0 Å². The van der Waals surface area contributed by atoms with Gasteiger partial charge in [0.1, 0.15) is 13.2 Å². The number of carbonyl (C=O) groups excluding carboxylic acids is 1. The van der Waals surface area contributed by atoms with Crippen LogP contribution >= 0.6 is 0 Å². The van der Waals surface area contributed by atoms with Crippen molar-refractivity contribution in [2.75, 3.05) is 25.1 Å². The Hall–Kier alpha value is -4.22. The van der Waals surface area contributed by atoms with E-state index in [2.05, 4.69) is 15.5 Å². The van der Waals surface area contributed by atoms with Gasteiger partial charge in [-0.3, -0.25) is 10.1 Å². The van der Waals surface area contributed by atoms with Crippen LogP contribution in [-0.2, 0) is 23.0 Å². The predicted molar refractivity (Wildman–Crippen MR) is 133 cm³/mol. The number of carbonyl (C=O) groups is 1. The van der Waals surface area contributed by atoms with E-state index in [-0.39, 0.29) is 22.4 Å². The molecule has 0 bridgehead atoms. The molecule has 1 amide bonds. The molecule has 0 radical (unpaired) electrons. The van der Waals surface area contributed by atoms with Crippen LogP contribution in [0, 0.1) is 0 Å². The van der Waals surface area contributed by atoms with Gasteiger partial charge in [0.05, 0.1) is 4.90 Å². The predicted octanol–water partition coefficient (Wildman–Crippen LogP) is 3.51. The third-order valence-electron chi connectivity index (χ3n) is 6.28. The van der Waals surface area contributed by atoms with E-state index in [0.717, 1.165) is 5.56 Å². The van der Waals surface area contributed by atoms with Gasteiger partial charge in [-0.2, -0.15) is 4.31 Å². The lowest BCUT2D eigenvalue weighted by atomic mass is 10.0. The first-order chi connectivity index (χ1) is 18.0. The van der Waals surface area contributed by atoms with Gasteiger partial charge in [0.2, 0.25) is 15.9 Å². The van der Waals surface area contributed by atoms with Crippen molar-refractivity contribution < 1.29 is 27.1 Å². The summed E-state index contributed by atoms with van der Waals surface area (Å²) in [5.74, 6) is 0.917. The maximum Gasteiger partial charge on any atom is 0.322 e. The Balaban J connectivity index is 1.14. The number of sulfonamides is 1. The number of fused-ring (bicyclic) bond motifs is 2. The summed E-state index contributed by atoms with van der Waals surface area (Å²) in [5.41, 5.74) is 3.04. The van der Waals surface area contributed by atoms with Gasteiger partial charge in [-0.25, -0.2) is 8.42 Å². The van der Waals surface area contributed by atoms with Crippen LogP contribution in [0.1, 0.15) is 21.5 Å². The van der Waals surface area contributed by atoms with Crippen molar-refractivity contribution in [3.63, 3.8) is 0 Å². The number of nitrogens with zero attached hydrogens (tertiary/aromatic N) is 3. The number of hydrogen-bond acceptors (Lipinski definition) is 8. The van der Waals surface area contributed by atoms with E-state index in [1.807, 2.05) is 24.3 Å². The molecule has 0 aliphatic carbocycles. The minimum Gasteiger partial charge on any atom is -0.486 e. The number of benzene rings is 3. The fourth-order valence-electron chi connectivity index (χ4n) is 4.34. The number of amides is 1. The summed E-state index contributed by atoms with van der Waals surface area (Å²) in [4.78, 5) is 12.8. The Labute approximate surface area is 212 Å². The van der Waals surface area contributed by atoms with Gasteiger partial charge < -0.3 is 13.9 Å². The van der Waals surface area contributed by atoms with Gasteiger partial charge in [-0.15, -0.1) is 5.10 Å². The molecule has 2 aliphatic rings. The van der Waals surface area contributed by atoms with E-state index < -0.39 is 15.9 Å². The second kappa shape index (κ2) is 9.34. The maximum absolute atomic E-state index is 13.2. The Morgan fingerprint density at radius 1 is 0.892 bits per heavy atom. The normalized spacial score (nSPS) is 15.1. The molecule has 1 aromatic heterocycles. The number of anilines is 1. The molecule has 2 aliphatic heterocycles. The average molecular weight is 519 g/mol. The van der Waals surface area contributed by atoms with Crippen molar-refractivity contribution in [2.24, 2.45) is 0 Å². The molecule has 0 spiro atoms. The number of aromatic nitrogens is 2. The summed E-state index contributed by atoms with van der Waals surface area (Å²) < 4.78 is 44.5. The van der Waals surface area contributed by atoms with Crippen molar-refractivity contribution in [3.05, 3.63) is 83.4 Å². The zero-order valence-corrected chi connectivity index (χ0v) is 20.4. The van der Waals surface area contributed by atoms with Gasteiger partial charge in [0, 0.05) is 24.2 Å². The lowest BCUT2D eigenvalue weighted by Gasteiger charge is -2.28. The molecule has 0 saturated carbocycles. The van der Waals surface area contributed by atoms with Crippen LogP contribution in [0.3, 0.4) is 0 Å². The third kappa shape index (κ3) is 4.54. The molecule has 37 heavy (non-hydrogen) atoms. The highest BCUT2D eigenvalue weighted by Crippen LogP contribution is 2.34. The second-order valence-corrected chi connectivity index (χ2v) is 10.5. The van der Waals surface area contributed by atoms with Crippen molar-refractivity contribution in [2.45, 2.75) is 17.9 Å². The average Bonchev–Trinajstić information content (AvgIpc) is 3.41. The quantitative estimate of drug-likeness (QED) is 0.426. The molecule has 4 aromatic rings. The van der Waals surface area contributed by atoms with Gasteiger partial charge >= 0.3 is 6.01 Å². The topological polar surface area (TPSA) is 124 Å². The number of hydrogen-bond donors (Lipinski definition) is 1. The van der Waals surface area contributed by atoms with Crippen LogP contribution in [0.2, 0.25) is 0 Å². The SMILES string of the molecule is O=C(Nc1nnc(-c2ccc3c(c2)OCCO3)o1)c1ccc(S(=O)(=O)N2CCc3ccccc3C2)cc1. The summed E-state index contributed by atoms with van der Waals surface area (Å²) in [7, 11) is -3.70. The largest absolute Gasteiger partial charge is 0.486 e. The van der Waals surface area contributed by atoms with Crippen molar-refractivity contribution in [3.8, 4) is 23.0 Å². The zero-order chi connectivity index (χ0) is 25.4. The zero-order valence-electron chi connectivity index (χ0n) is 19.6. The van der Waals surface area contributed by atoms with Gasteiger partial charge in [0.15, 0.2) is 11.5 Å². The molecule has 188 valence electrons. The highest BCUT2D eigenvalue weighted by Gasteiger charge is 2.28. The maximum atomic E-state index is 13.2. The Bertz CT molecular complexity index is 1580. The lowest BCUT2D eigenvalue weighted by Crippen LogP contribution is -2.35. The first kappa shape index (κ1) is 23.2.